The summed E-state index contributed by atoms with van der Waals surface area (Å²) in [5.41, 5.74) is 5.95. The zero-order valence-electron chi connectivity index (χ0n) is 16.7. The third-order valence-electron chi connectivity index (χ3n) is 4.80. The molecule has 1 aromatic heterocycles. The molecule has 0 radical (unpaired) electrons. The summed E-state index contributed by atoms with van der Waals surface area (Å²) in [4.78, 5) is 16.9. The van der Waals surface area contributed by atoms with Crippen molar-refractivity contribution in [1.29, 1.82) is 0 Å². The SMILES string of the molecule is CCc1ccc(-c2nc3cc(NC(=S)NC(=O)c4ccc(C)cc4)ccc3o2)cc1. The number of carbonyl (C=O) groups excluding carboxylic acids is 1. The van der Waals surface area contributed by atoms with E-state index in [4.69, 9.17) is 16.6 Å². The van der Waals surface area contributed by atoms with Crippen molar-refractivity contribution in [3.05, 3.63) is 83.4 Å². The van der Waals surface area contributed by atoms with Crippen LogP contribution in [-0.2, 0) is 6.42 Å². The van der Waals surface area contributed by atoms with E-state index in [1.54, 1.807) is 12.1 Å². The average molecular weight is 416 g/mol. The van der Waals surface area contributed by atoms with Crippen LogP contribution < -0.4 is 10.6 Å². The lowest BCUT2D eigenvalue weighted by Gasteiger charge is -2.09. The molecule has 0 aliphatic rings. The van der Waals surface area contributed by atoms with Crippen LogP contribution in [0.3, 0.4) is 0 Å². The highest BCUT2D eigenvalue weighted by Crippen LogP contribution is 2.26. The maximum atomic E-state index is 12.3. The third kappa shape index (κ3) is 4.39. The number of carbonyl (C=O) groups is 1. The van der Waals surface area contributed by atoms with E-state index in [9.17, 15) is 4.79 Å². The van der Waals surface area contributed by atoms with E-state index in [-0.39, 0.29) is 11.0 Å². The Morgan fingerprint density at radius 2 is 1.77 bits per heavy atom. The Bertz CT molecular complexity index is 1210. The van der Waals surface area contributed by atoms with Gasteiger partial charge in [0.25, 0.3) is 5.91 Å². The van der Waals surface area contributed by atoms with E-state index in [1.807, 2.05) is 49.4 Å². The lowest BCUT2D eigenvalue weighted by atomic mass is 10.1. The molecule has 4 rings (SSSR count). The number of anilines is 1. The van der Waals surface area contributed by atoms with Gasteiger partial charge in [-0.2, -0.15) is 0 Å². The van der Waals surface area contributed by atoms with Crippen molar-refractivity contribution in [1.82, 2.24) is 10.3 Å². The molecule has 150 valence electrons. The first kappa shape index (κ1) is 19.8. The van der Waals surface area contributed by atoms with Crippen LogP contribution in [0.4, 0.5) is 5.69 Å². The number of rotatable bonds is 4. The average Bonchev–Trinajstić information content (AvgIpc) is 3.17. The Kier molecular flexibility index (Phi) is 5.59. The second kappa shape index (κ2) is 8.47. The van der Waals surface area contributed by atoms with Crippen molar-refractivity contribution in [2.75, 3.05) is 5.32 Å². The number of thiocarbonyl (C=S) groups is 1. The molecule has 0 aliphatic heterocycles. The molecule has 0 bridgehead atoms. The molecule has 6 heteroatoms. The molecule has 0 unspecified atom stereocenters. The smallest absolute Gasteiger partial charge is 0.257 e. The van der Waals surface area contributed by atoms with E-state index in [0.717, 1.165) is 23.2 Å². The molecule has 30 heavy (non-hydrogen) atoms. The number of nitrogens with zero attached hydrogens (tertiary/aromatic N) is 1. The monoisotopic (exact) mass is 415 g/mol. The fourth-order valence-corrected chi connectivity index (χ4v) is 3.26. The number of aromatic nitrogens is 1. The number of aryl methyl sites for hydroxylation is 2. The second-order valence-electron chi connectivity index (χ2n) is 7.03. The van der Waals surface area contributed by atoms with Crippen LogP contribution in [0.2, 0.25) is 0 Å². The molecule has 0 fully saturated rings. The van der Waals surface area contributed by atoms with Gasteiger partial charge in [0.2, 0.25) is 5.89 Å². The van der Waals surface area contributed by atoms with Gasteiger partial charge < -0.3 is 9.73 Å². The summed E-state index contributed by atoms with van der Waals surface area (Å²) in [6, 6.07) is 21.0. The Labute approximate surface area is 180 Å². The van der Waals surface area contributed by atoms with Crippen LogP contribution in [0.15, 0.2) is 71.1 Å². The quantitative estimate of drug-likeness (QED) is 0.431. The predicted molar refractivity (Wildman–Crippen MR) is 124 cm³/mol. The van der Waals surface area contributed by atoms with E-state index in [2.05, 4.69) is 34.7 Å². The largest absolute Gasteiger partial charge is 0.436 e. The summed E-state index contributed by atoms with van der Waals surface area (Å²) in [5, 5.41) is 5.94. The fourth-order valence-electron chi connectivity index (χ4n) is 3.05. The number of nitrogens with one attached hydrogen (secondary N) is 2. The first-order chi connectivity index (χ1) is 14.5. The number of fused-ring (bicyclic) bond motifs is 1. The Morgan fingerprint density at radius 3 is 2.47 bits per heavy atom. The minimum atomic E-state index is -0.257. The predicted octanol–water partition coefficient (Wildman–Crippen LogP) is 5.49. The summed E-state index contributed by atoms with van der Waals surface area (Å²) in [7, 11) is 0. The molecule has 0 spiro atoms. The summed E-state index contributed by atoms with van der Waals surface area (Å²) >= 11 is 5.28. The van der Waals surface area contributed by atoms with Gasteiger partial charge in [-0.25, -0.2) is 4.98 Å². The normalized spacial score (nSPS) is 10.7. The summed E-state index contributed by atoms with van der Waals surface area (Å²) < 4.78 is 5.88. The van der Waals surface area contributed by atoms with Crippen LogP contribution in [0.1, 0.15) is 28.4 Å². The Balaban J connectivity index is 1.47. The fraction of sp³-hybridized carbons (Fsp3) is 0.125. The van der Waals surface area contributed by atoms with Gasteiger partial charge in [0.05, 0.1) is 0 Å². The molecule has 2 N–H and O–H groups in total. The second-order valence-corrected chi connectivity index (χ2v) is 7.43. The first-order valence-electron chi connectivity index (χ1n) is 9.71. The van der Waals surface area contributed by atoms with Gasteiger partial charge in [0, 0.05) is 16.8 Å². The van der Waals surface area contributed by atoms with Crippen LogP contribution in [0.25, 0.3) is 22.6 Å². The molecule has 0 aliphatic carbocycles. The van der Waals surface area contributed by atoms with Crippen molar-refractivity contribution in [3.63, 3.8) is 0 Å². The molecule has 1 heterocycles. The lowest BCUT2D eigenvalue weighted by molar-refractivity contribution is 0.0977. The van der Waals surface area contributed by atoms with Gasteiger partial charge in [0.1, 0.15) is 5.52 Å². The lowest BCUT2D eigenvalue weighted by Crippen LogP contribution is -2.34. The van der Waals surface area contributed by atoms with E-state index >= 15 is 0 Å². The van der Waals surface area contributed by atoms with Crippen LogP contribution in [-0.4, -0.2) is 16.0 Å². The summed E-state index contributed by atoms with van der Waals surface area (Å²) in [6.07, 6.45) is 0.989. The molecule has 0 atom stereocenters. The van der Waals surface area contributed by atoms with Crippen molar-refractivity contribution < 1.29 is 9.21 Å². The molecule has 0 saturated carbocycles. The highest BCUT2D eigenvalue weighted by Gasteiger charge is 2.11. The van der Waals surface area contributed by atoms with Crippen molar-refractivity contribution >= 4 is 40.0 Å². The minimum Gasteiger partial charge on any atom is -0.436 e. The van der Waals surface area contributed by atoms with Gasteiger partial charge in [-0.3, -0.25) is 10.1 Å². The van der Waals surface area contributed by atoms with Gasteiger partial charge >= 0.3 is 0 Å². The van der Waals surface area contributed by atoms with Gasteiger partial charge in [0.15, 0.2) is 10.7 Å². The van der Waals surface area contributed by atoms with Crippen LogP contribution >= 0.6 is 12.2 Å². The van der Waals surface area contributed by atoms with Crippen molar-refractivity contribution in [2.45, 2.75) is 20.3 Å². The van der Waals surface area contributed by atoms with Crippen LogP contribution in [0, 0.1) is 6.92 Å². The number of hydrogen-bond donors (Lipinski definition) is 2. The van der Waals surface area contributed by atoms with Gasteiger partial charge in [-0.05, 0) is 73.6 Å². The third-order valence-corrected chi connectivity index (χ3v) is 5.00. The molecule has 1 amide bonds. The molecule has 5 nitrogen and oxygen atoms in total. The number of benzene rings is 3. The summed E-state index contributed by atoms with van der Waals surface area (Å²) in [6.45, 7) is 4.09. The molecular weight excluding hydrogens is 394 g/mol. The van der Waals surface area contributed by atoms with Gasteiger partial charge in [-0.15, -0.1) is 0 Å². The first-order valence-corrected chi connectivity index (χ1v) is 10.1. The van der Waals surface area contributed by atoms with Crippen LogP contribution in [0.5, 0.6) is 0 Å². The van der Waals surface area contributed by atoms with E-state index in [0.29, 0.717) is 22.6 Å². The standard InChI is InChI=1S/C24H21N3O2S/c1-3-16-6-10-18(11-7-16)23-26-20-14-19(12-13-21(20)29-23)25-24(30)27-22(28)17-8-4-15(2)5-9-17/h4-14H,3H2,1-2H3,(H2,25,27,28,30). The zero-order chi connectivity index (χ0) is 21.1. The summed E-state index contributed by atoms with van der Waals surface area (Å²) in [5.74, 6) is 0.313. The molecule has 4 aromatic rings. The maximum Gasteiger partial charge on any atom is 0.257 e. The number of oxazole rings is 1. The van der Waals surface area contributed by atoms with Crippen molar-refractivity contribution in [2.24, 2.45) is 0 Å². The molecule has 3 aromatic carbocycles. The van der Waals surface area contributed by atoms with E-state index < -0.39 is 0 Å². The molecular formula is C24H21N3O2S. The highest BCUT2D eigenvalue weighted by molar-refractivity contribution is 7.80. The maximum absolute atomic E-state index is 12.3. The highest BCUT2D eigenvalue weighted by atomic mass is 32.1. The Hall–Kier alpha value is -3.51. The van der Waals surface area contributed by atoms with Crippen molar-refractivity contribution in [3.8, 4) is 11.5 Å². The van der Waals surface area contributed by atoms with Gasteiger partial charge in [-0.1, -0.05) is 36.8 Å². The van der Waals surface area contributed by atoms with E-state index in [1.165, 1.54) is 5.56 Å². The topological polar surface area (TPSA) is 67.2 Å². The molecule has 0 saturated heterocycles. The number of amides is 1. The minimum absolute atomic E-state index is 0.221. The Morgan fingerprint density at radius 1 is 1.03 bits per heavy atom. The zero-order valence-corrected chi connectivity index (χ0v) is 17.5. The number of hydrogen-bond acceptors (Lipinski definition) is 4.